The van der Waals surface area contributed by atoms with Gasteiger partial charge in [-0.2, -0.15) is 0 Å². The molecule has 0 aliphatic heterocycles. The van der Waals surface area contributed by atoms with E-state index in [1.165, 1.54) is 0 Å². The summed E-state index contributed by atoms with van der Waals surface area (Å²) in [5.74, 6) is -0.765. The lowest BCUT2D eigenvalue weighted by molar-refractivity contribution is -0.160. The standard InChI is InChI=1S/C15H29NO3/c1-8-19-14(18)12(15(4,5)6)13(17)16(7)10-9-11(2)3/h11-12H,8-10H2,1-7H3. The Kier molecular flexibility index (Phi) is 7.09. The zero-order chi connectivity index (χ0) is 15.2. The van der Waals surface area contributed by atoms with Crippen LogP contribution in [-0.2, 0) is 14.3 Å². The first-order valence-electron chi connectivity index (χ1n) is 7.02. The van der Waals surface area contributed by atoms with E-state index in [0.717, 1.165) is 6.42 Å². The Balaban J connectivity index is 4.86. The van der Waals surface area contributed by atoms with Crippen molar-refractivity contribution in [2.24, 2.45) is 17.3 Å². The zero-order valence-corrected chi connectivity index (χ0v) is 13.4. The van der Waals surface area contributed by atoms with Crippen molar-refractivity contribution in [3.8, 4) is 0 Å². The van der Waals surface area contributed by atoms with E-state index in [9.17, 15) is 9.59 Å². The number of rotatable bonds is 6. The minimum atomic E-state index is -0.732. The molecule has 0 bridgehead atoms. The van der Waals surface area contributed by atoms with Crippen LogP contribution in [0.2, 0.25) is 0 Å². The van der Waals surface area contributed by atoms with Gasteiger partial charge in [0.2, 0.25) is 5.91 Å². The number of ether oxygens (including phenoxy) is 1. The lowest BCUT2D eigenvalue weighted by atomic mass is 9.79. The topological polar surface area (TPSA) is 46.6 Å². The van der Waals surface area contributed by atoms with Gasteiger partial charge < -0.3 is 9.64 Å². The van der Waals surface area contributed by atoms with Crippen molar-refractivity contribution in [3.63, 3.8) is 0 Å². The van der Waals surface area contributed by atoms with Gasteiger partial charge in [0.25, 0.3) is 0 Å². The molecular weight excluding hydrogens is 242 g/mol. The number of hydrogen-bond donors (Lipinski definition) is 0. The molecule has 1 amide bonds. The summed E-state index contributed by atoms with van der Waals surface area (Å²) in [6, 6.07) is 0. The molecule has 0 fully saturated rings. The Morgan fingerprint density at radius 1 is 1.21 bits per heavy atom. The fourth-order valence-corrected chi connectivity index (χ4v) is 1.83. The summed E-state index contributed by atoms with van der Waals surface area (Å²) in [5.41, 5.74) is -0.435. The normalized spacial score (nSPS) is 13.3. The Labute approximate surface area is 117 Å². The average Bonchev–Trinajstić information content (AvgIpc) is 2.24. The average molecular weight is 271 g/mol. The van der Waals surface area contributed by atoms with Crippen molar-refractivity contribution < 1.29 is 14.3 Å². The number of nitrogens with zero attached hydrogens (tertiary/aromatic N) is 1. The van der Waals surface area contributed by atoms with Crippen LogP contribution in [0.15, 0.2) is 0 Å². The maximum atomic E-state index is 12.4. The second kappa shape index (κ2) is 7.51. The van der Waals surface area contributed by atoms with Crippen molar-refractivity contribution in [1.29, 1.82) is 0 Å². The highest BCUT2D eigenvalue weighted by molar-refractivity contribution is 5.98. The number of carbonyl (C=O) groups excluding carboxylic acids is 2. The molecule has 4 heteroatoms. The molecule has 1 atom stereocenters. The SMILES string of the molecule is CCOC(=O)C(C(=O)N(C)CCC(C)C)C(C)(C)C. The Bertz CT molecular complexity index is 305. The zero-order valence-electron chi connectivity index (χ0n) is 13.4. The molecule has 0 saturated heterocycles. The first-order chi connectivity index (χ1) is 8.61. The van der Waals surface area contributed by atoms with Crippen LogP contribution in [0, 0.1) is 17.3 Å². The molecule has 0 saturated carbocycles. The molecule has 1 unspecified atom stereocenters. The summed E-state index contributed by atoms with van der Waals surface area (Å²) in [7, 11) is 1.75. The largest absolute Gasteiger partial charge is 0.465 e. The highest BCUT2D eigenvalue weighted by Gasteiger charge is 2.40. The van der Waals surface area contributed by atoms with Gasteiger partial charge in [0.1, 0.15) is 5.92 Å². The predicted molar refractivity (Wildman–Crippen MR) is 76.7 cm³/mol. The van der Waals surface area contributed by atoms with Gasteiger partial charge in [-0.25, -0.2) is 0 Å². The highest BCUT2D eigenvalue weighted by atomic mass is 16.5. The highest BCUT2D eigenvalue weighted by Crippen LogP contribution is 2.29. The van der Waals surface area contributed by atoms with Crippen LogP contribution in [0.25, 0.3) is 0 Å². The molecular formula is C15H29NO3. The van der Waals surface area contributed by atoms with Crippen LogP contribution in [0.3, 0.4) is 0 Å². The van der Waals surface area contributed by atoms with Gasteiger partial charge in [-0.15, -0.1) is 0 Å². The van der Waals surface area contributed by atoms with E-state index in [1.54, 1.807) is 18.9 Å². The third kappa shape index (κ3) is 6.08. The van der Waals surface area contributed by atoms with E-state index in [-0.39, 0.29) is 5.91 Å². The van der Waals surface area contributed by atoms with Crippen LogP contribution in [0.5, 0.6) is 0 Å². The van der Waals surface area contributed by atoms with Crippen molar-refractivity contribution in [3.05, 3.63) is 0 Å². The quantitative estimate of drug-likeness (QED) is 0.551. The third-order valence-electron chi connectivity index (χ3n) is 3.05. The van der Waals surface area contributed by atoms with E-state index < -0.39 is 17.3 Å². The first-order valence-corrected chi connectivity index (χ1v) is 7.02. The molecule has 4 nitrogen and oxygen atoms in total. The second-order valence-electron chi connectivity index (χ2n) is 6.49. The van der Waals surface area contributed by atoms with E-state index in [1.807, 2.05) is 20.8 Å². The van der Waals surface area contributed by atoms with Crippen molar-refractivity contribution in [1.82, 2.24) is 4.90 Å². The number of hydrogen-bond acceptors (Lipinski definition) is 3. The Hall–Kier alpha value is -1.06. The van der Waals surface area contributed by atoms with Gasteiger partial charge in [0.05, 0.1) is 6.61 Å². The monoisotopic (exact) mass is 271 g/mol. The van der Waals surface area contributed by atoms with Crippen LogP contribution in [-0.4, -0.2) is 37.0 Å². The molecule has 112 valence electrons. The van der Waals surface area contributed by atoms with Crippen molar-refractivity contribution >= 4 is 11.9 Å². The molecule has 0 aliphatic rings. The van der Waals surface area contributed by atoms with Crippen molar-refractivity contribution in [2.45, 2.75) is 48.0 Å². The molecule has 0 spiro atoms. The van der Waals surface area contributed by atoms with Crippen molar-refractivity contribution in [2.75, 3.05) is 20.2 Å². The molecule has 0 N–H and O–H groups in total. The summed E-state index contributed by atoms with van der Waals surface area (Å²) in [6.07, 6.45) is 0.932. The lowest BCUT2D eigenvalue weighted by Crippen LogP contribution is -2.44. The first kappa shape index (κ1) is 17.9. The number of esters is 1. The van der Waals surface area contributed by atoms with Gasteiger partial charge in [0.15, 0.2) is 0 Å². The molecule has 0 rings (SSSR count). The molecule has 0 heterocycles. The van der Waals surface area contributed by atoms with Crippen LogP contribution in [0.4, 0.5) is 0 Å². The molecule has 0 aromatic carbocycles. The second-order valence-corrected chi connectivity index (χ2v) is 6.49. The van der Waals surface area contributed by atoms with E-state index in [4.69, 9.17) is 4.74 Å². The number of carbonyl (C=O) groups is 2. The smallest absolute Gasteiger partial charge is 0.319 e. The maximum Gasteiger partial charge on any atom is 0.319 e. The van der Waals surface area contributed by atoms with E-state index in [2.05, 4.69) is 13.8 Å². The fraction of sp³-hybridized carbons (Fsp3) is 0.867. The molecule has 0 aromatic rings. The fourth-order valence-electron chi connectivity index (χ4n) is 1.83. The van der Waals surface area contributed by atoms with Gasteiger partial charge >= 0.3 is 5.97 Å². The van der Waals surface area contributed by atoms with Crippen LogP contribution in [0.1, 0.15) is 48.0 Å². The van der Waals surface area contributed by atoms with Gasteiger partial charge in [-0.3, -0.25) is 9.59 Å². The molecule has 0 radical (unpaired) electrons. The Morgan fingerprint density at radius 3 is 2.11 bits per heavy atom. The number of amides is 1. The molecule has 0 aromatic heterocycles. The summed E-state index contributed by atoms with van der Waals surface area (Å²) < 4.78 is 5.04. The van der Waals surface area contributed by atoms with Gasteiger partial charge in [0, 0.05) is 13.6 Å². The third-order valence-corrected chi connectivity index (χ3v) is 3.05. The van der Waals surface area contributed by atoms with Crippen LogP contribution < -0.4 is 0 Å². The summed E-state index contributed by atoms with van der Waals surface area (Å²) in [4.78, 5) is 26.1. The molecule has 0 aliphatic carbocycles. The lowest BCUT2D eigenvalue weighted by Gasteiger charge is -2.31. The summed E-state index contributed by atoms with van der Waals surface area (Å²) in [6.45, 7) is 12.6. The predicted octanol–water partition coefficient (Wildman–Crippen LogP) is 2.72. The Morgan fingerprint density at radius 2 is 1.74 bits per heavy atom. The van der Waals surface area contributed by atoms with Crippen LogP contribution >= 0.6 is 0 Å². The summed E-state index contributed by atoms with van der Waals surface area (Å²) >= 11 is 0. The van der Waals surface area contributed by atoms with Gasteiger partial charge in [-0.05, 0) is 24.7 Å². The van der Waals surface area contributed by atoms with E-state index in [0.29, 0.717) is 19.1 Å². The van der Waals surface area contributed by atoms with E-state index >= 15 is 0 Å². The maximum absolute atomic E-state index is 12.4. The molecule has 19 heavy (non-hydrogen) atoms. The summed E-state index contributed by atoms with van der Waals surface area (Å²) in [5, 5.41) is 0. The van der Waals surface area contributed by atoms with Gasteiger partial charge in [-0.1, -0.05) is 34.6 Å². The minimum Gasteiger partial charge on any atom is -0.465 e. The minimum absolute atomic E-state index is 0.147.